The van der Waals surface area contributed by atoms with Crippen molar-refractivity contribution in [3.63, 3.8) is 0 Å². The number of aryl methyl sites for hydroxylation is 1. The van der Waals surface area contributed by atoms with Crippen LogP contribution in [-0.2, 0) is 0 Å². The number of carbonyl (C=O) groups is 1. The van der Waals surface area contributed by atoms with E-state index >= 15 is 0 Å². The monoisotopic (exact) mass is 254 g/mol. The zero-order valence-corrected chi connectivity index (χ0v) is 10.1. The Kier molecular flexibility index (Phi) is 2.49. The molecule has 3 aromatic heterocycles. The molecule has 0 saturated carbocycles. The molecule has 6 heteroatoms. The molecule has 94 valence electrons. The topological polar surface area (TPSA) is 80.9 Å². The summed E-state index contributed by atoms with van der Waals surface area (Å²) in [5, 5.41) is 14.2. The Morgan fingerprint density at radius 3 is 2.79 bits per heavy atom. The SMILES string of the molecule is Cc1nn(-c2ccccn2)c2nc(C(=O)O)ccc12. The van der Waals surface area contributed by atoms with Crippen LogP contribution < -0.4 is 0 Å². The van der Waals surface area contributed by atoms with Crippen LogP contribution in [0.25, 0.3) is 16.9 Å². The van der Waals surface area contributed by atoms with E-state index in [2.05, 4.69) is 15.1 Å². The number of hydrogen-bond donors (Lipinski definition) is 1. The minimum atomic E-state index is -1.06. The first-order chi connectivity index (χ1) is 9.16. The average Bonchev–Trinajstić information content (AvgIpc) is 2.77. The van der Waals surface area contributed by atoms with Crippen molar-refractivity contribution in [2.45, 2.75) is 6.92 Å². The van der Waals surface area contributed by atoms with Gasteiger partial charge in [0, 0.05) is 11.6 Å². The predicted molar refractivity (Wildman–Crippen MR) is 68.4 cm³/mol. The van der Waals surface area contributed by atoms with E-state index in [0.29, 0.717) is 11.5 Å². The highest BCUT2D eigenvalue weighted by atomic mass is 16.4. The first-order valence-electron chi connectivity index (χ1n) is 5.68. The van der Waals surface area contributed by atoms with E-state index < -0.39 is 5.97 Å². The molecule has 0 atom stereocenters. The molecular formula is C13H10N4O2. The summed E-state index contributed by atoms with van der Waals surface area (Å²) in [5.74, 6) is -0.455. The summed E-state index contributed by atoms with van der Waals surface area (Å²) in [6.07, 6.45) is 1.65. The van der Waals surface area contributed by atoms with Crippen LogP contribution >= 0.6 is 0 Å². The second-order valence-electron chi connectivity index (χ2n) is 4.06. The Bertz CT molecular complexity index is 765. The first kappa shape index (κ1) is 11.3. The van der Waals surface area contributed by atoms with Crippen molar-refractivity contribution in [3.05, 3.63) is 47.9 Å². The molecule has 0 aromatic carbocycles. The van der Waals surface area contributed by atoms with Gasteiger partial charge in [0.25, 0.3) is 0 Å². The van der Waals surface area contributed by atoms with Crippen molar-refractivity contribution >= 4 is 17.0 Å². The van der Waals surface area contributed by atoms with Crippen LogP contribution in [0.5, 0.6) is 0 Å². The normalized spacial score (nSPS) is 10.8. The van der Waals surface area contributed by atoms with Gasteiger partial charge in [0.15, 0.2) is 17.2 Å². The molecule has 0 spiro atoms. The van der Waals surface area contributed by atoms with Crippen LogP contribution in [0.4, 0.5) is 0 Å². The summed E-state index contributed by atoms with van der Waals surface area (Å²) >= 11 is 0. The first-order valence-corrected chi connectivity index (χ1v) is 5.68. The minimum absolute atomic E-state index is 0.00965. The zero-order chi connectivity index (χ0) is 13.4. The van der Waals surface area contributed by atoms with E-state index in [0.717, 1.165) is 11.1 Å². The lowest BCUT2D eigenvalue weighted by Crippen LogP contribution is -2.04. The maximum Gasteiger partial charge on any atom is 0.354 e. The maximum absolute atomic E-state index is 11.0. The lowest BCUT2D eigenvalue weighted by Gasteiger charge is -2.01. The molecule has 0 unspecified atom stereocenters. The fraction of sp³-hybridized carbons (Fsp3) is 0.0769. The molecule has 3 aromatic rings. The molecule has 0 saturated heterocycles. The molecular weight excluding hydrogens is 244 g/mol. The number of carboxylic acid groups (broad SMARTS) is 1. The van der Waals surface area contributed by atoms with Gasteiger partial charge in [-0.3, -0.25) is 0 Å². The fourth-order valence-electron chi connectivity index (χ4n) is 1.90. The van der Waals surface area contributed by atoms with Crippen LogP contribution in [-0.4, -0.2) is 30.8 Å². The van der Waals surface area contributed by atoms with Crippen LogP contribution in [0.3, 0.4) is 0 Å². The number of aromatic nitrogens is 4. The second-order valence-corrected chi connectivity index (χ2v) is 4.06. The standard InChI is InChI=1S/C13H10N4O2/c1-8-9-5-6-10(13(18)19)15-12(9)17(16-8)11-4-2-3-7-14-11/h2-7H,1H3,(H,18,19). The Hall–Kier alpha value is -2.76. The lowest BCUT2D eigenvalue weighted by molar-refractivity contribution is 0.0691. The number of pyridine rings is 2. The van der Waals surface area contributed by atoms with Gasteiger partial charge in [-0.1, -0.05) is 6.07 Å². The summed E-state index contributed by atoms with van der Waals surface area (Å²) in [5.41, 5.74) is 1.27. The van der Waals surface area contributed by atoms with Crippen molar-refractivity contribution in [2.24, 2.45) is 0 Å². The van der Waals surface area contributed by atoms with Gasteiger partial charge in [-0.05, 0) is 31.2 Å². The van der Waals surface area contributed by atoms with E-state index in [1.807, 2.05) is 13.0 Å². The highest BCUT2D eigenvalue weighted by Gasteiger charge is 2.14. The van der Waals surface area contributed by atoms with Crippen molar-refractivity contribution in [2.75, 3.05) is 0 Å². The highest BCUT2D eigenvalue weighted by molar-refractivity contribution is 5.89. The van der Waals surface area contributed by atoms with Gasteiger partial charge in [-0.2, -0.15) is 9.78 Å². The third-order valence-electron chi connectivity index (χ3n) is 2.80. The van der Waals surface area contributed by atoms with Gasteiger partial charge < -0.3 is 5.11 Å². The summed E-state index contributed by atoms with van der Waals surface area (Å²) in [6, 6.07) is 8.63. The quantitative estimate of drug-likeness (QED) is 0.754. The van der Waals surface area contributed by atoms with Crippen molar-refractivity contribution in [3.8, 4) is 5.82 Å². The summed E-state index contributed by atoms with van der Waals surface area (Å²) < 4.78 is 1.55. The van der Waals surface area contributed by atoms with Gasteiger partial charge >= 0.3 is 5.97 Å². The number of carboxylic acids is 1. The number of rotatable bonds is 2. The van der Waals surface area contributed by atoms with E-state index in [4.69, 9.17) is 5.11 Å². The number of fused-ring (bicyclic) bond motifs is 1. The molecule has 0 fully saturated rings. The average molecular weight is 254 g/mol. The molecule has 0 amide bonds. The summed E-state index contributed by atoms with van der Waals surface area (Å²) in [6.45, 7) is 1.85. The van der Waals surface area contributed by atoms with E-state index in [1.165, 1.54) is 6.07 Å². The van der Waals surface area contributed by atoms with Gasteiger partial charge in [-0.15, -0.1) is 0 Å². The van der Waals surface area contributed by atoms with Crippen LogP contribution in [0.1, 0.15) is 16.2 Å². The number of nitrogens with zero attached hydrogens (tertiary/aromatic N) is 4. The van der Waals surface area contributed by atoms with Crippen LogP contribution in [0.2, 0.25) is 0 Å². The summed E-state index contributed by atoms with van der Waals surface area (Å²) in [7, 11) is 0. The summed E-state index contributed by atoms with van der Waals surface area (Å²) in [4.78, 5) is 19.3. The van der Waals surface area contributed by atoms with Crippen LogP contribution in [0.15, 0.2) is 36.5 Å². The third kappa shape index (κ3) is 1.83. The van der Waals surface area contributed by atoms with Crippen molar-refractivity contribution < 1.29 is 9.90 Å². The molecule has 1 N–H and O–H groups in total. The molecule has 3 rings (SSSR count). The second kappa shape index (κ2) is 4.16. The third-order valence-corrected chi connectivity index (χ3v) is 2.80. The smallest absolute Gasteiger partial charge is 0.354 e. The number of hydrogen-bond acceptors (Lipinski definition) is 4. The molecule has 0 aliphatic heterocycles. The largest absolute Gasteiger partial charge is 0.477 e. The van der Waals surface area contributed by atoms with E-state index in [-0.39, 0.29) is 5.69 Å². The van der Waals surface area contributed by atoms with E-state index in [9.17, 15) is 4.79 Å². The molecule has 6 nitrogen and oxygen atoms in total. The van der Waals surface area contributed by atoms with Crippen LogP contribution in [0, 0.1) is 6.92 Å². The zero-order valence-electron chi connectivity index (χ0n) is 10.1. The van der Waals surface area contributed by atoms with Gasteiger partial charge in [0.05, 0.1) is 5.69 Å². The lowest BCUT2D eigenvalue weighted by atomic mass is 10.2. The number of aromatic carboxylic acids is 1. The molecule has 0 aliphatic carbocycles. The fourth-order valence-corrected chi connectivity index (χ4v) is 1.90. The molecule has 19 heavy (non-hydrogen) atoms. The predicted octanol–water partition coefficient (Wildman–Crippen LogP) is 1.82. The van der Waals surface area contributed by atoms with Crippen molar-refractivity contribution in [1.82, 2.24) is 19.7 Å². The van der Waals surface area contributed by atoms with E-state index in [1.54, 1.807) is 29.1 Å². The van der Waals surface area contributed by atoms with Gasteiger partial charge in [0.2, 0.25) is 0 Å². The maximum atomic E-state index is 11.0. The minimum Gasteiger partial charge on any atom is -0.477 e. The van der Waals surface area contributed by atoms with Gasteiger partial charge in [0.1, 0.15) is 0 Å². The Balaban J connectivity index is 2.30. The molecule has 0 radical (unpaired) electrons. The molecule has 0 bridgehead atoms. The Morgan fingerprint density at radius 1 is 1.26 bits per heavy atom. The highest BCUT2D eigenvalue weighted by Crippen LogP contribution is 2.19. The van der Waals surface area contributed by atoms with Crippen molar-refractivity contribution in [1.29, 1.82) is 0 Å². The van der Waals surface area contributed by atoms with Gasteiger partial charge in [-0.25, -0.2) is 14.8 Å². The Morgan fingerprint density at radius 2 is 2.11 bits per heavy atom. The molecule has 3 heterocycles. The molecule has 0 aliphatic rings. The Labute approximate surface area is 108 Å².